The first-order chi connectivity index (χ1) is 7.18. The van der Waals surface area contributed by atoms with E-state index in [-0.39, 0.29) is 0 Å². The zero-order valence-corrected chi connectivity index (χ0v) is 8.15. The van der Waals surface area contributed by atoms with E-state index in [0.29, 0.717) is 10.9 Å². The molecule has 0 spiro atoms. The Kier molecular flexibility index (Phi) is 1.52. The molecule has 0 fully saturated rings. The molecule has 4 radical (unpaired) electrons. The first-order valence-corrected chi connectivity index (χ1v) is 4.54. The van der Waals surface area contributed by atoms with Gasteiger partial charge in [-0.2, -0.15) is 5.10 Å². The Hall–Kier alpha value is -1.71. The van der Waals surface area contributed by atoms with E-state index in [2.05, 4.69) is 15.3 Å². The Labute approximate surface area is 88.5 Å². The fraction of sp³-hybridized carbons (Fsp3) is 0.111. The molecular formula is C9H6B2N4. The van der Waals surface area contributed by atoms with Gasteiger partial charge in [0.1, 0.15) is 15.7 Å². The maximum absolute atomic E-state index is 5.87. The summed E-state index contributed by atoms with van der Waals surface area (Å²) in [6.45, 7) is 1.93. The summed E-state index contributed by atoms with van der Waals surface area (Å²) >= 11 is 0. The molecule has 0 saturated heterocycles. The minimum atomic E-state index is 0.540. The van der Waals surface area contributed by atoms with E-state index in [1.807, 2.05) is 6.92 Å². The van der Waals surface area contributed by atoms with Gasteiger partial charge in [0, 0.05) is 6.20 Å². The van der Waals surface area contributed by atoms with E-state index in [1.54, 1.807) is 16.9 Å². The number of aromatic amines is 1. The lowest BCUT2D eigenvalue weighted by molar-refractivity contribution is 0.954. The second kappa shape index (κ2) is 2.66. The van der Waals surface area contributed by atoms with E-state index in [4.69, 9.17) is 15.7 Å². The zero-order valence-electron chi connectivity index (χ0n) is 8.15. The number of H-pyrrole nitrogens is 1. The highest BCUT2D eigenvalue weighted by Crippen LogP contribution is 2.18. The average Bonchev–Trinajstić information content (AvgIpc) is 2.73. The van der Waals surface area contributed by atoms with Crippen LogP contribution in [-0.4, -0.2) is 35.5 Å². The molecule has 15 heavy (non-hydrogen) atoms. The van der Waals surface area contributed by atoms with Crippen molar-refractivity contribution in [3.8, 4) is 0 Å². The molecule has 3 aromatic heterocycles. The third kappa shape index (κ3) is 0.988. The van der Waals surface area contributed by atoms with E-state index < -0.39 is 0 Å². The molecule has 0 aromatic carbocycles. The van der Waals surface area contributed by atoms with Gasteiger partial charge in [0.05, 0.1) is 17.1 Å². The maximum Gasteiger partial charge on any atom is 0.178 e. The Morgan fingerprint density at radius 2 is 2.20 bits per heavy atom. The number of hydrogen-bond acceptors (Lipinski definition) is 2. The molecule has 3 heterocycles. The summed E-state index contributed by atoms with van der Waals surface area (Å²) in [5.41, 5.74) is 3.76. The predicted octanol–water partition coefficient (Wildman–Crippen LogP) is -0.893. The summed E-state index contributed by atoms with van der Waals surface area (Å²) in [7, 11) is 11.6. The molecule has 0 unspecified atom stereocenters. The quantitative estimate of drug-likeness (QED) is 0.469. The largest absolute Gasteiger partial charge is 0.259 e. The molecule has 3 aromatic rings. The number of aryl methyl sites for hydroxylation is 1. The van der Waals surface area contributed by atoms with Crippen molar-refractivity contribution < 1.29 is 0 Å². The Morgan fingerprint density at radius 3 is 3.00 bits per heavy atom. The number of pyridine rings is 1. The third-order valence-corrected chi connectivity index (χ3v) is 2.64. The van der Waals surface area contributed by atoms with Crippen LogP contribution < -0.4 is 10.9 Å². The number of nitrogens with zero attached hydrogens (tertiary/aromatic N) is 3. The van der Waals surface area contributed by atoms with Crippen molar-refractivity contribution in [2.45, 2.75) is 6.92 Å². The van der Waals surface area contributed by atoms with Crippen molar-refractivity contribution in [1.29, 1.82) is 0 Å². The van der Waals surface area contributed by atoms with E-state index in [1.165, 1.54) is 0 Å². The van der Waals surface area contributed by atoms with Crippen molar-refractivity contribution in [3.05, 3.63) is 18.0 Å². The molecule has 4 nitrogen and oxygen atoms in total. The first kappa shape index (κ1) is 8.59. The highest BCUT2D eigenvalue weighted by Gasteiger charge is 2.11. The van der Waals surface area contributed by atoms with Gasteiger partial charge in [-0.15, -0.1) is 5.10 Å². The number of nitrogens with one attached hydrogen (secondary N) is 1. The molecule has 0 atom stereocenters. The summed E-state index contributed by atoms with van der Waals surface area (Å²) < 4.78 is 1.73. The number of hydrogen-bond donors (Lipinski definition) is 1. The lowest BCUT2D eigenvalue weighted by Crippen LogP contribution is -2.29. The smallest absolute Gasteiger partial charge is 0.178 e. The van der Waals surface area contributed by atoms with E-state index in [0.717, 1.165) is 22.1 Å². The molecule has 1 N–H and O–H groups in total. The summed E-state index contributed by atoms with van der Waals surface area (Å²) in [5.74, 6) is 0. The molecule has 0 aliphatic rings. The van der Waals surface area contributed by atoms with Crippen molar-refractivity contribution >= 4 is 43.2 Å². The molecule has 6 heteroatoms. The van der Waals surface area contributed by atoms with Gasteiger partial charge in [0.2, 0.25) is 0 Å². The number of rotatable bonds is 0. The standard InChI is InChI=1S/C9H6B2N4/c1-4-7(11)6(10)3-15-8(4)5-2-12-13-9(5)14-15/h2-3H,1H3,(H,13,14). The van der Waals surface area contributed by atoms with Crippen LogP contribution in [0.5, 0.6) is 0 Å². The summed E-state index contributed by atoms with van der Waals surface area (Å²) in [6, 6.07) is 0. The van der Waals surface area contributed by atoms with Crippen LogP contribution in [0.15, 0.2) is 12.4 Å². The normalized spacial score (nSPS) is 11.5. The number of aromatic nitrogens is 4. The Balaban J connectivity index is 2.63. The highest BCUT2D eigenvalue weighted by molar-refractivity contribution is 6.49. The topological polar surface area (TPSA) is 46.0 Å². The Morgan fingerprint density at radius 1 is 1.40 bits per heavy atom. The third-order valence-electron chi connectivity index (χ3n) is 2.64. The predicted molar refractivity (Wildman–Crippen MR) is 60.4 cm³/mol. The van der Waals surface area contributed by atoms with Crippen molar-refractivity contribution in [1.82, 2.24) is 19.8 Å². The van der Waals surface area contributed by atoms with Gasteiger partial charge < -0.3 is 0 Å². The first-order valence-electron chi connectivity index (χ1n) is 4.54. The summed E-state index contributed by atoms with van der Waals surface area (Å²) in [5, 5.41) is 12.0. The monoisotopic (exact) mass is 192 g/mol. The minimum absolute atomic E-state index is 0.540. The second-order valence-corrected chi connectivity index (χ2v) is 3.55. The lowest BCUT2D eigenvalue weighted by atomic mass is 9.79. The van der Waals surface area contributed by atoms with Gasteiger partial charge in [-0.3, -0.25) is 5.10 Å². The van der Waals surface area contributed by atoms with Gasteiger partial charge in [0.25, 0.3) is 0 Å². The van der Waals surface area contributed by atoms with Gasteiger partial charge in [-0.1, -0.05) is 10.9 Å². The average molecular weight is 192 g/mol. The van der Waals surface area contributed by atoms with Crippen molar-refractivity contribution in [2.24, 2.45) is 0 Å². The molecule has 68 valence electrons. The van der Waals surface area contributed by atoms with Crippen LogP contribution >= 0.6 is 0 Å². The van der Waals surface area contributed by atoms with Crippen LogP contribution in [0.25, 0.3) is 16.6 Å². The Bertz CT molecular complexity index is 667. The van der Waals surface area contributed by atoms with Gasteiger partial charge in [-0.25, -0.2) is 4.52 Å². The van der Waals surface area contributed by atoms with Crippen molar-refractivity contribution in [3.63, 3.8) is 0 Å². The minimum Gasteiger partial charge on any atom is -0.259 e. The van der Waals surface area contributed by atoms with Crippen LogP contribution in [0.1, 0.15) is 5.56 Å². The molecule has 3 rings (SSSR count). The SMILES string of the molecule is [B]c1cn2nc3[nH]ncc3c2c(C)c1[B]. The van der Waals surface area contributed by atoms with Crippen LogP contribution in [0.3, 0.4) is 0 Å². The molecule has 0 aliphatic carbocycles. The van der Waals surface area contributed by atoms with Gasteiger partial charge in [-0.05, 0) is 12.5 Å². The lowest BCUT2D eigenvalue weighted by Gasteiger charge is -2.07. The van der Waals surface area contributed by atoms with Crippen LogP contribution in [0.2, 0.25) is 0 Å². The second-order valence-electron chi connectivity index (χ2n) is 3.55. The van der Waals surface area contributed by atoms with E-state index in [9.17, 15) is 0 Å². The van der Waals surface area contributed by atoms with Crippen LogP contribution in [0, 0.1) is 6.92 Å². The van der Waals surface area contributed by atoms with Gasteiger partial charge >= 0.3 is 0 Å². The molecule has 0 bridgehead atoms. The van der Waals surface area contributed by atoms with Gasteiger partial charge in [0.15, 0.2) is 5.65 Å². The maximum atomic E-state index is 5.87. The zero-order chi connectivity index (χ0) is 10.6. The molecular weight excluding hydrogens is 186 g/mol. The van der Waals surface area contributed by atoms with Crippen LogP contribution in [0.4, 0.5) is 0 Å². The fourth-order valence-electron chi connectivity index (χ4n) is 1.82. The fourth-order valence-corrected chi connectivity index (χ4v) is 1.82. The summed E-state index contributed by atoms with van der Waals surface area (Å²) in [6.07, 6.45) is 3.45. The molecule has 0 amide bonds. The van der Waals surface area contributed by atoms with E-state index >= 15 is 0 Å². The highest BCUT2D eigenvalue weighted by atomic mass is 15.3. The van der Waals surface area contributed by atoms with Crippen molar-refractivity contribution in [2.75, 3.05) is 0 Å². The number of fused-ring (bicyclic) bond motifs is 3. The van der Waals surface area contributed by atoms with Crippen LogP contribution in [-0.2, 0) is 0 Å². The molecule has 0 aliphatic heterocycles. The molecule has 0 saturated carbocycles. The summed E-state index contributed by atoms with van der Waals surface area (Å²) in [4.78, 5) is 0.